The van der Waals surface area contributed by atoms with E-state index in [0.29, 0.717) is 28.8 Å². The van der Waals surface area contributed by atoms with Gasteiger partial charge in [0.1, 0.15) is 17.3 Å². The molecule has 1 amide bonds. The number of nitrogens with one attached hydrogen (secondary N) is 2. The van der Waals surface area contributed by atoms with Crippen LogP contribution in [0.25, 0.3) is 0 Å². The van der Waals surface area contributed by atoms with Gasteiger partial charge in [0.05, 0.1) is 26.1 Å². The summed E-state index contributed by atoms with van der Waals surface area (Å²) in [4.78, 5) is 16.7. The molecule has 120 valence electrons. The lowest BCUT2D eigenvalue weighted by Crippen LogP contribution is -2.12. The highest BCUT2D eigenvalue weighted by Crippen LogP contribution is 2.25. The minimum Gasteiger partial charge on any atom is -0.497 e. The molecule has 1 aliphatic carbocycles. The second-order valence-electron chi connectivity index (χ2n) is 5.41. The van der Waals surface area contributed by atoms with E-state index in [1.807, 2.05) is 12.1 Å². The number of rotatable bonds is 6. The second-order valence-corrected chi connectivity index (χ2v) is 5.41. The van der Waals surface area contributed by atoms with Crippen molar-refractivity contribution in [2.45, 2.75) is 18.9 Å². The lowest BCUT2D eigenvalue weighted by Gasteiger charge is -2.10. The first-order chi connectivity index (χ1) is 11.2. The van der Waals surface area contributed by atoms with E-state index < -0.39 is 0 Å². The maximum absolute atomic E-state index is 12.4. The second kappa shape index (κ2) is 6.56. The van der Waals surface area contributed by atoms with Crippen molar-refractivity contribution in [3.8, 4) is 11.5 Å². The first-order valence-electron chi connectivity index (χ1n) is 7.45. The van der Waals surface area contributed by atoms with Crippen LogP contribution in [-0.4, -0.2) is 31.2 Å². The molecule has 2 aromatic rings. The van der Waals surface area contributed by atoms with Gasteiger partial charge in [-0.05, 0) is 37.1 Å². The number of nitrogens with zero attached hydrogens (tertiary/aromatic N) is 1. The number of anilines is 2. The highest BCUT2D eigenvalue weighted by atomic mass is 16.5. The summed E-state index contributed by atoms with van der Waals surface area (Å²) in [5.74, 6) is 1.72. The van der Waals surface area contributed by atoms with E-state index in [0.717, 1.165) is 5.82 Å². The fourth-order valence-corrected chi connectivity index (χ4v) is 2.13. The highest BCUT2D eigenvalue weighted by molar-refractivity contribution is 6.04. The Morgan fingerprint density at radius 3 is 2.35 bits per heavy atom. The SMILES string of the molecule is COc1cc(OC)cc(C(=O)Nc2ccc(NC3CC3)nc2)c1. The van der Waals surface area contributed by atoms with Gasteiger partial charge in [-0.3, -0.25) is 4.79 Å². The summed E-state index contributed by atoms with van der Waals surface area (Å²) in [6.07, 6.45) is 4.02. The molecule has 6 heteroatoms. The third kappa shape index (κ3) is 3.91. The van der Waals surface area contributed by atoms with Crippen LogP contribution in [-0.2, 0) is 0 Å². The molecule has 3 rings (SSSR count). The fourth-order valence-electron chi connectivity index (χ4n) is 2.13. The van der Waals surface area contributed by atoms with Crippen LogP contribution < -0.4 is 20.1 Å². The molecule has 0 saturated heterocycles. The molecule has 0 aliphatic heterocycles. The van der Waals surface area contributed by atoms with Crippen LogP contribution in [0.2, 0.25) is 0 Å². The quantitative estimate of drug-likeness (QED) is 0.858. The van der Waals surface area contributed by atoms with Crippen molar-refractivity contribution in [1.29, 1.82) is 0 Å². The van der Waals surface area contributed by atoms with Gasteiger partial charge in [-0.15, -0.1) is 0 Å². The van der Waals surface area contributed by atoms with Gasteiger partial charge in [-0.1, -0.05) is 0 Å². The van der Waals surface area contributed by atoms with E-state index in [1.165, 1.54) is 12.8 Å². The Morgan fingerprint density at radius 1 is 1.13 bits per heavy atom. The number of carbonyl (C=O) groups is 1. The zero-order chi connectivity index (χ0) is 16.2. The lowest BCUT2D eigenvalue weighted by atomic mass is 10.2. The van der Waals surface area contributed by atoms with Crippen molar-refractivity contribution in [2.24, 2.45) is 0 Å². The average Bonchev–Trinajstić information content (AvgIpc) is 3.40. The monoisotopic (exact) mass is 313 g/mol. The summed E-state index contributed by atoms with van der Waals surface area (Å²) in [5.41, 5.74) is 1.10. The topological polar surface area (TPSA) is 72.5 Å². The number of aromatic nitrogens is 1. The summed E-state index contributed by atoms with van der Waals surface area (Å²) in [6, 6.07) is 9.28. The van der Waals surface area contributed by atoms with Gasteiger partial charge in [-0.2, -0.15) is 0 Å². The zero-order valence-corrected chi connectivity index (χ0v) is 13.1. The molecule has 0 spiro atoms. The standard InChI is InChI=1S/C17H19N3O3/c1-22-14-7-11(8-15(9-14)23-2)17(21)20-13-5-6-16(18-10-13)19-12-3-4-12/h5-10,12H,3-4H2,1-2H3,(H,18,19)(H,20,21). The molecule has 23 heavy (non-hydrogen) atoms. The summed E-state index contributed by atoms with van der Waals surface area (Å²) in [7, 11) is 3.10. The Bertz CT molecular complexity index is 674. The molecule has 1 heterocycles. The normalized spacial score (nSPS) is 13.3. The van der Waals surface area contributed by atoms with E-state index in [9.17, 15) is 4.79 Å². The Labute approximate surface area is 134 Å². The van der Waals surface area contributed by atoms with Crippen LogP contribution >= 0.6 is 0 Å². The van der Waals surface area contributed by atoms with E-state index >= 15 is 0 Å². The highest BCUT2D eigenvalue weighted by Gasteiger charge is 2.21. The maximum Gasteiger partial charge on any atom is 0.255 e. The van der Waals surface area contributed by atoms with Crippen LogP contribution in [0.4, 0.5) is 11.5 Å². The predicted molar refractivity (Wildman–Crippen MR) is 88.4 cm³/mol. The van der Waals surface area contributed by atoms with Crippen molar-refractivity contribution in [2.75, 3.05) is 24.9 Å². The van der Waals surface area contributed by atoms with Gasteiger partial charge in [0.15, 0.2) is 0 Å². The van der Waals surface area contributed by atoms with Gasteiger partial charge in [-0.25, -0.2) is 4.98 Å². The van der Waals surface area contributed by atoms with Gasteiger partial charge < -0.3 is 20.1 Å². The van der Waals surface area contributed by atoms with Crippen molar-refractivity contribution in [3.05, 3.63) is 42.1 Å². The molecule has 0 atom stereocenters. The minimum atomic E-state index is -0.244. The van der Waals surface area contributed by atoms with Crippen molar-refractivity contribution >= 4 is 17.4 Å². The first kappa shape index (κ1) is 15.1. The number of benzene rings is 1. The fraction of sp³-hybridized carbons (Fsp3) is 0.294. The summed E-state index contributed by atoms with van der Waals surface area (Å²) >= 11 is 0. The Balaban J connectivity index is 1.70. The summed E-state index contributed by atoms with van der Waals surface area (Å²) < 4.78 is 10.4. The van der Waals surface area contributed by atoms with Crippen LogP contribution in [0.3, 0.4) is 0 Å². The Morgan fingerprint density at radius 2 is 1.83 bits per heavy atom. The van der Waals surface area contributed by atoms with Crippen molar-refractivity contribution < 1.29 is 14.3 Å². The van der Waals surface area contributed by atoms with Crippen LogP contribution in [0.5, 0.6) is 11.5 Å². The van der Waals surface area contributed by atoms with Crippen molar-refractivity contribution in [1.82, 2.24) is 4.98 Å². The lowest BCUT2D eigenvalue weighted by molar-refractivity contribution is 0.102. The van der Waals surface area contributed by atoms with E-state index in [2.05, 4.69) is 15.6 Å². The molecule has 1 aromatic heterocycles. The zero-order valence-electron chi connectivity index (χ0n) is 13.1. The molecule has 1 fully saturated rings. The molecule has 0 radical (unpaired) electrons. The summed E-state index contributed by atoms with van der Waals surface area (Å²) in [5, 5.41) is 6.12. The third-order valence-corrected chi connectivity index (χ3v) is 3.56. The molecule has 1 saturated carbocycles. The molecular formula is C17H19N3O3. The number of carbonyl (C=O) groups excluding carboxylic acids is 1. The van der Waals surface area contributed by atoms with E-state index in [4.69, 9.17) is 9.47 Å². The average molecular weight is 313 g/mol. The summed E-state index contributed by atoms with van der Waals surface area (Å²) in [6.45, 7) is 0. The van der Waals surface area contributed by atoms with E-state index in [1.54, 1.807) is 38.6 Å². The largest absolute Gasteiger partial charge is 0.497 e. The predicted octanol–water partition coefficient (Wildman–Crippen LogP) is 2.93. The number of hydrogen-bond donors (Lipinski definition) is 2. The molecule has 2 N–H and O–H groups in total. The molecular weight excluding hydrogens is 294 g/mol. The molecule has 6 nitrogen and oxygen atoms in total. The molecule has 0 bridgehead atoms. The van der Waals surface area contributed by atoms with Crippen molar-refractivity contribution in [3.63, 3.8) is 0 Å². The number of ether oxygens (including phenoxy) is 2. The minimum absolute atomic E-state index is 0.244. The number of methoxy groups -OCH3 is 2. The van der Waals surface area contributed by atoms with Crippen LogP contribution in [0.15, 0.2) is 36.5 Å². The Kier molecular flexibility index (Phi) is 4.32. The third-order valence-electron chi connectivity index (χ3n) is 3.56. The van der Waals surface area contributed by atoms with Gasteiger partial charge in [0, 0.05) is 17.7 Å². The van der Waals surface area contributed by atoms with Crippen LogP contribution in [0, 0.1) is 0 Å². The van der Waals surface area contributed by atoms with Crippen LogP contribution in [0.1, 0.15) is 23.2 Å². The molecule has 1 aliphatic rings. The van der Waals surface area contributed by atoms with E-state index in [-0.39, 0.29) is 5.91 Å². The van der Waals surface area contributed by atoms with Gasteiger partial charge >= 0.3 is 0 Å². The number of amides is 1. The molecule has 0 unspecified atom stereocenters. The first-order valence-corrected chi connectivity index (χ1v) is 7.45. The van der Waals surface area contributed by atoms with Gasteiger partial charge in [0.2, 0.25) is 0 Å². The molecule has 1 aromatic carbocycles. The maximum atomic E-state index is 12.4. The smallest absolute Gasteiger partial charge is 0.255 e. The number of hydrogen-bond acceptors (Lipinski definition) is 5. The van der Waals surface area contributed by atoms with Gasteiger partial charge in [0.25, 0.3) is 5.91 Å². The Hall–Kier alpha value is -2.76. The number of pyridine rings is 1.